The Morgan fingerprint density at radius 2 is 0.770 bits per heavy atom. The van der Waals surface area contributed by atoms with Crippen LogP contribution in [-0.2, 0) is 21.7 Å². The highest BCUT2D eigenvalue weighted by Crippen LogP contribution is 2.63. The van der Waals surface area contributed by atoms with Gasteiger partial charge in [-0.1, -0.05) is 259 Å². The van der Waals surface area contributed by atoms with Crippen LogP contribution in [0.2, 0.25) is 0 Å². The molecule has 2 aliphatic rings. The molecule has 1 unspecified atom stereocenters. The normalized spacial score (nSPS) is 15.2. The number of nitrogens with zero attached hydrogens (tertiary/aromatic N) is 4. The molecule has 0 fully saturated rings. The lowest BCUT2D eigenvalue weighted by atomic mass is 9.73. The van der Waals surface area contributed by atoms with E-state index in [1.54, 1.807) is 4.57 Å². The van der Waals surface area contributed by atoms with Gasteiger partial charge < -0.3 is 23.4 Å². The fraction of sp³-hybridized carbons (Fsp3) is 0.179. The first-order valence-corrected chi connectivity index (χ1v) is 34.9. The Balaban J connectivity index is 0.960. The fourth-order valence-electron chi connectivity index (χ4n) is 15.8. The third-order valence-electron chi connectivity index (χ3n) is 21.1. The first-order chi connectivity index (χ1) is 51.4. The van der Waals surface area contributed by atoms with Crippen LogP contribution in [0.25, 0.3) is 110 Å². The summed E-state index contributed by atoms with van der Waals surface area (Å²) in [6.45, 7) is 27.2. The van der Waals surface area contributed by atoms with E-state index in [9.17, 15) is 5.48 Å². The molecule has 16 aromatic rings. The number of para-hydroxylation sites is 4. The van der Waals surface area contributed by atoms with Crippen molar-refractivity contribution in [3.8, 4) is 44.8 Å². The molecule has 0 bridgehead atoms. The lowest BCUT2D eigenvalue weighted by Gasteiger charge is -2.46. The Morgan fingerprint density at radius 3 is 1.34 bits per heavy atom. The molecule has 1 atom stereocenters. The summed E-state index contributed by atoms with van der Waals surface area (Å²) in [5.74, 6) is -0.446. The second-order valence-corrected chi connectivity index (χ2v) is 31.6. The highest BCUT2D eigenvalue weighted by Gasteiger charge is 2.43. The summed E-state index contributed by atoms with van der Waals surface area (Å²) in [5, 5.41) is 4.38. The van der Waals surface area contributed by atoms with Crippen molar-refractivity contribution >= 4 is 99.7 Å². The number of rotatable bonds is 7. The summed E-state index contributed by atoms with van der Waals surface area (Å²) >= 11 is 0. The Labute approximate surface area is 598 Å². The van der Waals surface area contributed by atoms with E-state index in [-0.39, 0.29) is 62.2 Å². The third-order valence-corrected chi connectivity index (χ3v) is 21.1. The van der Waals surface area contributed by atoms with Gasteiger partial charge in [-0.05, 0) is 185 Å². The summed E-state index contributed by atoms with van der Waals surface area (Å²) < 4.78 is 86.5. The van der Waals surface area contributed by atoms with E-state index in [2.05, 4.69) is 304 Å². The summed E-state index contributed by atoms with van der Waals surface area (Å²) in [6.07, 6.45) is 0. The monoisotopic (exact) mass is 1300 g/mol. The van der Waals surface area contributed by atoms with Crippen LogP contribution in [-0.4, -0.2) is 9.13 Å². The van der Waals surface area contributed by atoms with Crippen molar-refractivity contribution < 1.29 is 15.4 Å². The predicted octanol–water partition coefficient (Wildman–Crippen LogP) is 26.7. The highest BCUT2D eigenvalue weighted by molar-refractivity contribution is 6.16. The first-order valence-electron chi connectivity index (χ1n) is 38.9. The van der Waals surface area contributed by atoms with Gasteiger partial charge in [0.15, 0.2) is 11.2 Å². The molecule has 488 valence electrons. The van der Waals surface area contributed by atoms with Crippen molar-refractivity contribution in [1.82, 2.24) is 9.13 Å². The van der Waals surface area contributed by atoms with Crippen LogP contribution in [0.15, 0.2) is 277 Å². The largest absolute Gasteiger partial charge is 0.452 e. The van der Waals surface area contributed by atoms with Crippen LogP contribution < -0.4 is 9.80 Å². The minimum atomic E-state index is -0.495. The van der Waals surface area contributed by atoms with E-state index in [4.69, 9.17) is 9.90 Å². The van der Waals surface area contributed by atoms with E-state index in [1.807, 2.05) is 18.2 Å². The van der Waals surface area contributed by atoms with Crippen molar-refractivity contribution in [2.75, 3.05) is 9.80 Å². The molecule has 0 radical (unpaired) electrons. The van der Waals surface area contributed by atoms with Crippen LogP contribution in [0, 0.1) is 0 Å². The van der Waals surface area contributed by atoms with Gasteiger partial charge in [-0.2, -0.15) is 0 Å². The summed E-state index contributed by atoms with van der Waals surface area (Å²) in [5.41, 5.74) is 23.7. The van der Waals surface area contributed by atoms with Crippen LogP contribution >= 0.6 is 0 Å². The van der Waals surface area contributed by atoms with Crippen LogP contribution in [0.1, 0.15) is 139 Å². The number of anilines is 6. The van der Waals surface area contributed by atoms with E-state index in [0.717, 1.165) is 128 Å². The van der Waals surface area contributed by atoms with Gasteiger partial charge >= 0.3 is 0 Å². The number of furan rings is 1. The summed E-state index contributed by atoms with van der Waals surface area (Å²) in [6, 6.07) is 78.0. The summed E-state index contributed by atoms with van der Waals surface area (Å²) in [4.78, 5) is 4.83. The number of hydrogen-bond donors (Lipinski definition) is 0. The molecule has 5 nitrogen and oxygen atoms in total. The maximum absolute atomic E-state index is 9.71. The summed E-state index contributed by atoms with van der Waals surface area (Å²) in [7, 11) is 0. The zero-order chi connectivity index (χ0) is 75.4. The molecule has 0 aliphatic carbocycles. The molecule has 0 spiro atoms. The average Bonchev–Trinajstić information content (AvgIpc) is 1.12. The molecule has 0 saturated carbocycles. The number of fused-ring (bicyclic) bond motifs is 13. The lowest BCUT2D eigenvalue weighted by molar-refractivity contribution is 0.589. The Hall–Kier alpha value is -11.1. The molecule has 5 heterocycles. The molecule has 5 heteroatoms. The van der Waals surface area contributed by atoms with Crippen LogP contribution in [0.3, 0.4) is 0 Å². The van der Waals surface area contributed by atoms with E-state index < -0.39 is 35.5 Å². The number of aromatic nitrogens is 2. The van der Waals surface area contributed by atoms with Gasteiger partial charge in [0.1, 0.15) is 0 Å². The van der Waals surface area contributed by atoms with Gasteiger partial charge in [-0.15, -0.1) is 0 Å². The fourth-order valence-corrected chi connectivity index (χ4v) is 15.8. The molecule has 100 heavy (non-hydrogen) atoms. The van der Waals surface area contributed by atoms with Crippen LogP contribution in [0.5, 0.6) is 0 Å². The molecule has 0 saturated heterocycles. The molecular weight excluding hydrogens is 1210 g/mol. The first kappa shape index (κ1) is 52.9. The Morgan fingerprint density at radius 1 is 0.290 bits per heavy atom. The second-order valence-electron chi connectivity index (χ2n) is 31.6. The van der Waals surface area contributed by atoms with Crippen molar-refractivity contribution in [2.24, 2.45) is 0 Å². The number of hydrogen-bond acceptors (Lipinski definition) is 3. The van der Waals surface area contributed by atoms with Crippen molar-refractivity contribution in [1.29, 1.82) is 0 Å². The Bertz CT molecular complexity index is 6330. The van der Waals surface area contributed by atoms with Gasteiger partial charge in [-0.25, -0.2) is 0 Å². The molecule has 13 aromatic carbocycles. The zero-order valence-electron chi connectivity index (χ0n) is 66.6. The third kappa shape index (κ3) is 9.71. The van der Waals surface area contributed by atoms with Gasteiger partial charge in [0, 0.05) is 55.2 Å². The lowest BCUT2D eigenvalue weighted by Crippen LogP contribution is -2.30. The predicted molar refractivity (Wildman–Crippen MR) is 424 cm³/mol. The Kier molecular flexibility index (Phi) is 11.7. The zero-order valence-corrected chi connectivity index (χ0v) is 58.6. The van der Waals surface area contributed by atoms with E-state index in [0.29, 0.717) is 5.69 Å². The van der Waals surface area contributed by atoms with Gasteiger partial charge in [0.25, 0.3) is 0 Å². The van der Waals surface area contributed by atoms with Crippen molar-refractivity contribution in [2.45, 2.75) is 111 Å². The molecule has 2 aliphatic heterocycles. The van der Waals surface area contributed by atoms with Crippen LogP contribution in [0.4, 0.5) is 34.1 Å². The quantitative estimate of drug-likeness (QED) is 0.159. The average molecular weight is 1300 g/mol. The van der Waals surface area contributed by atoms with Crippen molar-refractivity contribution in [3.05, 3.63) is 312 Å². The highest BCUT2D eigenvalue weighted by atomic mass is 16.3. The van der Waals surface area contributed by atoms with E-state index in [1.165, 1.54) is 27.5 Å². The van der Waals surface area contributed by atoms with E-state index >= 15 is 0 Å². The second kappa shape index (κ2) is 22.2. The molecular formula is C95H82N4O. The topological polar surface area (TPSA) is 29.5 Å². The minimum absolute atomic E-state index is 0.0161. The van der Waals surface area contributed by atoms with Gasteiger partial charge in [0.2, 0.25) is 0 Å². The minimum Gasteiger partial charge on any atom is -0.452 e. The molecule has 18 rings (SSSR count). The maximum atomic E-state index is 9.71. The molecule has 3 aromatic heterocycles. The molecule has 0 N–H and O–H groups in total. The molecule has 0 amide bonds. The van der Waals surface area contributed by atoms with Crippen molar-refractivity contribution in [3.63, 3.8) is 0 Å². The SMILES string of the molecule is [2H]c1c([2H])c([2H])c2c(c1[2H])c1c([2H])c([2H])c([2H])c([2H])c1n2-c1ccc2c(c1)N(c1cc(-c3ccccc3)cc(-c3ccccc3)c1)c1cc(C(C)(C)C)cc3c1C2c1ccc(-c2cccc(C(C)(C)C)c2)cc1N3c1cccc2c1oc1c(-n3c4ccc(C(C)(C)C)cc4c4cc(C(C)(C)C)ccc43)cccc12. The smallest absolute Gasteiger partial charge is 0.159 e. The number of benzene rings is 13. The van der Waals surface area contributed by atoms with Gasteiger partial charge in [0.05, 0.1) is 67.2 Å². The standard InChI is InChI=1S/C95H82N4O/c1-92(2,3)64-31-23-30-60(49-64)61-40-44-74-84(52-61)99(83-39-25-35-73-72-34-24-38-82(90(72)100-91(73)83)98-80-46-41-65(93(4,5)6)53-76(80)77-54-66(94(7,8)9)42-47-81(77)98)87-56-67(95(10,11)12)55-86-89(87)88(74)75-45-43-68(96-78-36-21-19-32-70(78)71-33-20-22-37-79(71)96)57-85(75)97(86)69-50-62(58-26-15-13-16-27-58)48-63(51-69)59-28-17-14-18-29-59/h13-57,88H,1-12H3/i19D,20D,21D,22D,32D,33D,36D,37D. The van der Waals surface area contributed by atoms with Gasteiger partial charge in [-0.3, -0.25) is 0 Å². The maximum Gasteiger partial charge on any atom is 0.159 e.